The highest BCUT2D eigenvalue weighted by Crippen LogP contribution is 2.35. The van der Waals surface area contributed by atoms with Gasteiger partial charge in [0.25, 0.3) is 5.91 Å². The van der Waals surface area contributed by atoms with Crippen molar-refractivity contribution in [2.75, 3.05) is 32.2 Å². The lowest BCUT2D eigenvalue weighted by molar-refractivity contribution is -0.137. The molecule has 1 aromatic carbocycles. The van der Waals surface area contributed by atoms with Crippen LogP contribution in [0.5, 0.6) is 5.75 Å². The van der Waals surface area contributed by atoms with E-state index in [0.29, 0.717) is 12.2 Å². The maximum Gasteiger partial charge on any atom is 0.416 e. The van der Waals surface area contributed by atoms with E-state index in [9.17, 15) is 22.8 Å². The Morgan fingerprint density at radius 3 is 2.55 bits per heavy atom. The van der Waals surface area contributed by atoms with Gasteiger partial charge >= 0.3 is 12.1 Å². The highest BCUT2D eigenvalue weighted by Gasteiger charge is 2.31. The molecule has 1 heterocycles. The number of methoxy groups -OCH3 is 1. The van der Waals surface area contributed by atoms with Crippen molar-refractivity contribution in [1.82, 2.24) is 9.78 Å². The molecule has 0 radical (unpaired) electrons. The molecule has 0 unspecified atom stereocenters. The SMILES string of the molecule is COCCOc1ccc(C(F)(F)F)cc1NC(=O)COC(=O)c1c(C)nn(CC(C)C)c1Cl. The van der Waals surface area contributed by atoms with E-state index in [2.05, 4.69) is 10.4 Å². The minimum absolute atomic E-state index is 0.00794. The molecule has 2 rings (SSSR count). The summed E-state index contributed by atoms with van der Waals surface area (Å²) in [4.78, 5) is 24.8. The summed E-state index contributed by atoms with van der Waals surface area (Å²) in [7, 11) is 1.44. The van der Waals surface area contributed by atoms with Crippen LogP contribution in [-0.2, 0) is 27.0 Å². The predicted octanol–water partition coefficient (Wildman–Crippen LogP) is 4.34. The number of ether oxygens (including phenoxy) is 3. The molecule has 182 valence electrons. The fourth-order valence-electron chi connectivity index (χ4n) is 2.81. The largest absolute Gasteiger partial charge is 0.489 e. The summed E-state index contributed by atoms with van der Waals surface area (Å²) >= 11 is 6.22. The van der Waals surface area contributed by atoms with Gasteiger partial charge in [-0.05, 0) is 31.0 Å². The molecule has 0 spiro atoms. The Labute approximate surface area is 193 Å². The molecule has 2 aromatic rings. The number of aromatic nitrogens is 2. The molecule has 0 atom stereocenters. The minimum Gasteiger partial charge on any atom is -0.489 e. The molecule has 0 fully saturated rings. The zero-order valence-electron chi connectivity index (χ0n) is 18.6. The van der Waals surface area contributed by atoms with Gasteiger partial charge in [-0.3, -0.25) is 9.48 Å². The van der Waals surface area contributed by atoms with E-state index in [1.807, 2.05) is 13.8 Å². The van der Waals surface area contributed by atoms with Crippen molar-refractivity contribution >= 4 is 29.2 Å². The number of amides is 1. The average Bonchev–Trinajstić information content (AvgIpc) is 2.99. The number of esters is 1. The summed E-state index contributed by atoms with van der Waals surface area (Å²) in [5.74, 6) is -1.50. The van der Waals surface area contributed by atoms with Crippen molar-refractivity contribution < 1.29 is 37.0 Å². The number of hydrogen-bond donors (Lipinski definition) is 1. The number of benzene rings is 1. The Balaban J connectivity index is 2.11. The van der Waals surface area contributed by atoms with Crippen molar-refractivity contribution in [3.05, 3.63) is 40.2 Å². The van der Waals surface area contributed by atoms with Gasteiger partial charge in [0.2, 0.25) is 0 Å². The van der Waals surface area contributed by atoms with Gasteiger partial charge in [0, 0.05) is 13.7 Å². The average molecular weight is 492 g/mol. The number of halogens is 4. The molecule has 0 saturated heterocycles. The van der Waals surface area contributed by atoms with Crippen molar-refractivity contribution in [1.29, 1.82) is 0 Å². The van der Waals surface area contributed by atoms with Crippen LogP contribution in [0.2, 0.25) is 5.15 Å². The molecule has 0 aliphatic rings. The van der Waals surface area contributed by atoms with Gasteiger partial charge in [-0.2, -0.15) is 18.3 Å². The second-order valence-corrected chi connectivity index (χ2v) is 7.86. The van der Waals surface area contributed by atoms with E-state index in [0.717, 1.165) is 18.2 Å². The van der Waals surface area contributed by atoms with E-state index >= 15 is 0 Å². The van der Waals surface area contributed by atoms with Gasteiger partial charge in [-0.1, -0.05) is 25.4 Å². The Hall–Kier alpha value is -2.79. The number of carbonyl (C=O) groups excluding carboxylic acids is 2. The molecule has 33 heavy (non-hydrogen) atoms. The van der Waals surface area contributed by atoms with E-state index in [-0.39, 0.29) is 41.3 Å². The third kappa shape index (κ3) is 7.36. The summed E-state index contributed by atoms with van der Waals surface area (Å²) in [5, 5.41) is 6.56. The normalized spacial score (nSPS) is 11.5. The molecule has 8 nitrogen and oxygen atoms in total. The highest BCUT2D eigenvalue weighted by molar-refractivity contribution is 6.32. The van der Waals surface area contributed by atoms with Crippen LogP contribution in [0, 0.1) is 12.8 Å². The first-order valence-electron chi connectivity index (χ1n) is 9.96. The zero-order valence-corrected chi connectivity index (χ0v) is 19.3. The third-order valence-electron chi connectivity index (χ3n) is 4.27. The number of hydrogen-bond acceptors (Lipinski definition) is 6. The number of aryl methyl sites for hydroxylation is 1. The molecule has 1 N–H and O–H groups in total. The smallest absolute Gasteiger partial charge is 0.416 e. The summed E-state index contributed by atoms with van der Waals surface area (Å²) in [6, 6.07) is 2.66. The van der Waals surface area contributed by atoms with Crippen LogP contribution >= 0.6 is 11.6 Å². The lowest BCUT2D eigenvalue weighted by Gasteiger charge is -2.15. The van der Waals surface area contributed by atoms with Gasteiger partial charge in [-0.25, -0.2) is 4.79 Å². The minimum atomic E-state index is -4.62. The zero-order chi connectivity index (χ0) is 24.8. The maximum atomic E-state index is 13.1. The molecule has 0 bridgehead atoms. The van der Waals surface area contributed by atoms with E-state index in [1.54, 1.807) is 6.92 Å². The number of nitrogens with one attached hydrogen (secondary N) is 1. The predicted molar refractivity (Wildman–Crippen MR) is 115 cm³/mol. The fraction of sp³-hybridized carbons (Fsp3) is 0.476. The van der Waals surface area contributed by atoms with Crippen molar-refractivity contribution in [2.24, 2.45) is 5.92 Å². The highest BCUT2D eigenvalue weighted by atomic mass is 35.5. The van der Waals surface area contributed by atoms with Crippen LogP contribution in [0.15, 0.2) is 18.2 Å². The molecular weight excluding hydrogens is 467 g/mol. The Kier molecular flexibility index (Phi) is 9.12. The molecule has 0 aliphatic carbocycles. The molecular formula is C21H25ClF3N3O5. The topological polar surface area (TPSA) is 91.7 Å². The standard InChI is InChI=1S/C21H25ClF3N3O5/c1-12(2)10-28-19(22)18(13(3)27-28)20(30)33-11-17(29)26-15-9-14(21(23,24)25)5-6-16(15)32-8-7-31-4/h5-6,9,12H,7-8,10-11H2,1-4H3,(H,26,29). The summed E-state index contributed by atoms with van der Waals surface area (Å²) in [5.41, 5.74) is -0.847. The van der Waals surface area contributed by atoms with Crippen LogP contribution in [0.4, 0.5) is 18.9 Å². The summed E-state index contributed by atoms with van der Waals surface area (Å²) < 4.78 is 55.9. The Morgan fingerprint density at radius 2 is 1.94 bits per heavy atom. The molecule has 0 aliphatic heterocycles. The molecule has 1 aromatic heterocycles. The second kappa shape index (κ2) is 11.4. The second-order valence-electron chi connectivity index (χ2n) is 7.50. The lowest BCUT2D eigenvalue weighted by Crippen LogP contribution is -2.22. The maximum absolute atomic E-state index is 13.1. The Bertz CT molecular complexity index is 992. The number of anilines is 1. The van der Waals surface area contributed by atoms with Gasteiger partial charge < -0.3 is 19.5 Å². The third-order valence-corrected chi connectivity index (χ3v) is 4.65. The number of carbonyl (C=O) groups is 2. The van der Waals surface area contributed by atoms with Crippen LogP contribution in [0.1, 0.15) is 35.5 Å². The van der Waals surface area contributed by atoms with Crippen LogP contribution in [0.3, 0.4) is 0 Å². The quantitative estimate of drug-likeness (QED) is 0.392. The number of alkyl halides is 3. The van der Waals surface area contributed by atoms with Crippen LogP contribution in [0.25, 0.3) is 0 Å². The Morgan fingerprint density at radius 1 is 1.24 bits per heavy atom. The van der Waals surface area contributed by atoms with Gasteiger partial charge in [0.1, 0.15) is 23.1 Å². The van der Waals surface area contributed by atoms with E-state index < -0.39 is 30.2 Å². The lowest BCUT2D eigenvalue weighted by atomic mass is 10.1. The summed E-state index contributed by atoms with van der Waals surface area (Å²) in [6.07, 6.45) is -4.62. The van der Waals surface area contributed by atoms with Crippen molar-refractivity contribution in [3.63, 3.8) is 0 Å². The van der Waals surface area contributed by atoms with Gasteiger partial charge in [0.15, 0.2) is 6.61 Å². The molecule has 12 heteroatoms. The summed E-state index contributed by atoms with van der Waals surface area (Å²) in [6.45, 7) is 5.46. The van der Waals surface area contributed by atoms with E-state index in [1.165, 1.54) is 11.8 Å². The van der Waals surface area contributed by atoms with Gasteiger partial charge in [-0.15, -0.1) is 0 Å². The number of nitrogens with zero attached hydrogens (tertiary/aromatic N) is 2. The number of rotatable bonds is 10. The first-order valence-corrected chi connectivity index (χ1v) is 10.3. The van der Waals surface area contributed by atoms with Crippen LogP contribution in [-0.4, -0.2) is 48.6 Å². The monoisotopic (exact) mass is 491 g/mol. The molecule has 0 saturated carbocycles. The molecule has 1 amide bonds. The van der Waals surface area contributed by atoms with Crippen molar-refractivity contribution in [3.8, 4) is 5.75 Å². The first kappa shape index (κ1) is 26.5. The first-order chi connectivity index (χ1) is 15.4. The fourth-order valence-corrected chi connectivity index (χ4v) is 3.13. The van der Waals surface area contributed by atoms with Crippen LogP contribution < -0.4 is 10.1 Å². The van der Waals surface area contributed by atoms with Crippen molar-refractivity contribution in [2.45, 2.75) is 33.5 Å². The van der Waals surface area contributed by atoms with E-state index in [4.69, 9.17) is 25.8 Å². The van der Waals surface area contributed by atoms with Gasteiger partial charge in [0.05, 0.1) is 23.6 Å².